The molecule has 5 nitrogen and oxygen atoms in total. The maximum atomic E-state index is 11.6. The van der Waals surface area contributed by atoms with Gasteiger partial charge in [-0.15, -0.1) is 0 Å². The van der Waals surface area contributed by atoms with Crippen LogP contribution in [0.2, 0.25) is 0 Å². The lowest BCUT2D eigenvalue weighted by atomic mass is 10.1. The molecule has 100 valence electrons. The summed E-state index contributed by atoms with van der Waals surface area (Å²) in [6.45, 7) is 2.01. The molecule has 2 aromatic rings. The van der Waals surface area contributed by atoms with Gasteiger partial charge in [-0.1, -0.05) is 29.8 Å². The molecule has 0 spiro atoms. The topological polar surface area (TPSA) is 64.1 Å². The Balaban J connectivity index is 2.41. The molecule has 0 saturated carbocycles. The second kappa shape index (κ2) is 5.14. The molecule has 0 radical (unpaired) electrons. The number of rotatable bonds is 3. The second-order valence-electron chi connectivity index (χ2n) is 4.46. The Bertz CT molecular complexity index is 650. The van der Waals surface area contributed by atoms with Crippen LogP contribution < -0.4 is 5.69 Å². The summed E-state index contributed by atoms with van der Waals surface area (Å²) in [7, 11) is 2.93. The van der Waals surface area contributed by atoms with Crippen molar-refractivity contribution in [2.45, 2.75) is 13.3 Å². The highest BCUT2D eigenvalue weighted by atomic mass is 16.5. The van der Waals surface area contributed by atoms with Gasteiger partial charge in [0.15, 0.2) is 0 Å². The van der Waals surface area contributed by atoms with Gasteiger partial charge in [0.1, 0.15) is 5.69 Å². The first-order chi connectivity index (χ1) is 9.02. The zero-order valence-corrected chi connectivity index (χ0v) is 11.2. The number of esters is 1. The summed E-state index contributed by atoms with van der Waals surface area (Å²) in [5.41, 5.74) is 2.73. The molecular weight excluding hydrogens is 244 g/mol. The van der Waals surface area contributed by atoms with E-state index in [2.05, 4.69) is 9.72 Å². The largest absolute Gasteiger partial charge is 0.464 e. The van der Waals surface area contributed by atoms with Crippen LogP contribution in [0, 0.1) is 6.92 Å². The molecule has 5 heteroatoms. The summed E-state index contributed by atoms with van der Waals surface area (Å²) in [6, 6.07) is 7.96. The van der Waals surface area contributed by atoms with Crippen LogP contribution >= 0.6 is 0 Å². The molecule has 1 heterocycles. The maximum Gasteiger partial charge on any atom is 0.356 e. The lowest BCUT2D eigenvalue weighted by molar-refractivity contribution is 0.0593. The van der Waals surface area contributed by atoms with Gasteiger partial charge in [0.2, 0.25) is 0 Å². The molecule has 0 aliphatic heterocycles. The average Bonchev–Trinajstić information content (AvgIpc) is 2.68. The van der Waals surface area contributed by atoms with Crippen LogP contribution in [0.4, 0.5) is 0 Å². The fourth-order valence-corrected chi connectivity index (χ4v) is 1.93. The molecule has 2 rings (SSSR count). The number of hydrogen-bond acceptors (Lipinski definition) is 3. The van der Waals surface area contributed by atoms with Crippen molar-refractivity contribution < 1.29 is 9.53 Å². The number of methoxy groups -OCH3 is 1. The zero-order chi connectivity index (χ0) is 14.0. The first kappa shape index (κ1) is 13.1. The minimum Gasteiger partial charge on any atom is -0.464 e. The van der Waals surface area contributed by atoms with Gasteiger partial charge in [0.25, 0.3) is 0 Å². The van der Waals surface area contributed by atoms with E-state index in [1.54, 1.807) is 7.05 Å². The van der Waals surface area contributed by atoms with E-state index in [0.29, 0.717) is 12.1 Å². The number of hydrogen-bond donors (Lipinski definition) is 1. The molecule has 0 bridgehead atoms. The number of carbonyl (C=O) groups excluding carboxylic acids is 1. The number of aromatic nitrogens is 2. The predicted octanol–water partition coefficient (Wildman–Crippen LogP) is 1.40. The molecule has 0 aliphatic carbocycles. The molecule has 1 aromatic heterocycles. The molecule has 19 heavy (non-hydrogen) atoms. The third kappa shape index (κ3) is 2.59. The van der Waals surface area contributed by atoms with Crippen molar-refractivity contribution in [2.24, 2.45) is 7.05 Å². The van der Waals surface area contributed by atoms with Crippen LogP contribution in [0.5, 0.6) is 0 Å². The van der Waals surface area contributed by atoms with Gasteiger partial charge < -0.3 is 4.74 Å². The number of carbonyl (C=O) groups is 1. The number of benzene rings is 1. The molecular formula is C14H16N2O3. The molecule has 1 aromatic carbocycles. The molecule has 0 amide bonds. The fraction of sp³-hybridized carbons (Fsp3) is 0.286. The van der Waals surface area contributed by atoms with Crippen molar-refractivity contribution in [1.82, 2.24) is 9.55 Å². The molecule has 0 aliphatic rings. The summed E-state index contributed by atoms with van der Waals surface area (Å²) in [5, 5.41) is 0. The van der Waals surface area contributed by atoms with Crippen LogP contribution in [0.15, 0.2) is 29.1 Å². The molecule has 0 atom stereocenters. The number of H-pyrrole nitrogens is 1. The molecule has 0 saturated heterocycles. The van der Waals surface area contributed by atoms with E-state index in [4.69, 9.17) is 0 Å². The first-order valence-electron chi connectivity index (χ1n) is 5.94. The van der Waals surface area contributed by atoms with Gasteiger partial charge >= 0.3 is 11.7 Å². The minimum absolute atomic E-state index is 0.218. The number of nitrogens with one attached hydrogen (secondary N) is 1. The summed E-state index contributed by atoms with van der Waals surface area (Å²) >= 11 is 0. The van der Waals surface area contributed by atoms with Crippen LogP contribution in [-0.2, 0) is 18.2 Å². The quantitative estimate of drug-likeness (QED) is 0.848. The zero-order valence-electron chi connectivity index (χ0n) is 11.2. The van der Waals surface area contributed by atoms with E-state index in [-0.39, 0.29) is 11.4 Å². The highest BCUT2D eigenvalue weighted by Crippen LogP contribution is 2.13. The lowest BCUT2D eigenvalue weighted by Crippen LogP contribution is -2.14. The highest BCUT2D eigenvalue weighted by molar-refractivity contribution is 5.88. The number of aryl methyl sites for hydroxylation is 1. The fourth-order valence-electron chi connectivity index (χ4n) is 1.93. The van der Waals surface area contributed by atoms with Gasteiger partial charge in [-0.2, -0.15) is 0 Å². The maximum absolute atomic E-state index is 11.6. The second-order valence-corrected chi connectivity index (χ2v) is 4.46. The van der Waals surface area contributed by atoms with Crippen LogP contribution in [0.25, 0.3) is 0 Å². The number of aromatic amines is 1. The number of nitrogens with zero attached hydrogens (tertiary/aromatic N) is 1. The van der Waals surface area contributed by atoms with Crippen molar-refractivity contribution in [2.75, 3.05) is 7.11 Å². The van der Waals surface area contributed by atoms with E-state index in [0.717, 1.165) is 5.56 Å². The summed E-state index contributed by atoms with van der Waals surface area (Å²) in [6.07, 6.45) is 0.500. The average molecular weight is 260 g/mol. The SMILES string of the molecule is COC(=O)c1[nH]c(=O)n(C)c1Cc1ccc(C)cc1. The molecule has 0 fully saturated rings. The van der Waals surface area contributed by atoms with Gasteiger partial charge in [-0.05, 0) is 12.5 Å². The number of ether oxygens (including phenoxy) is 1. The lowest BCUT2D eigenvalue weighted by Gasteiger charge is -2.05. The van der Waals surface area contributed by atoms with Gasteiger partial charge in [0.05, 0.1) is 12.8 Å². The first-order valence-corrected chi connectivity index (χ1v) is 5.94. The Hall–Kier alpha value is -2.30. The van der Waals surface area contributed by atoms with E-state index in [1.807, 2.05) is 31.2 Å². The Kier molecular flexibility index (Phi) is 3.55. The van der Waals surface area contributed by atoms with Crippen molar-refractivity contribution >= 4 is 5.97 Å². The van der Waals surface area contributed by atoms with Crippen LogP contribution in [0.1, 0.15) is 27.3 Å². The van der Waals surface area contributed by atoms with Crippen LogP contribution in [-0.4, -0.2) is 22.6 Å². The Morgan fingerprint density at radius 3 is 2.53 bits per heavy atom. The predicted molar refractivity (Wildman–Crippen MR) is 71.4 cm³/mol. The van der Waals surface area contributed by atoms with Gasteiger partial charge in [-0.25, -0.2) is 9.59 Å². The third-order valence-electron chi connectivity index (χ3n) is 3.11. The van der Waals surface area contributed by atoms with Crippen molar-refractivity contribution in [3.63, 3.8) is 0 Å². The molecule has 0 unspecified atom stereocenters. The summed E-state index contributed by atoms with van der Waals surface area (Å²) < 4.78 is 6.12. The molecule has 1 N–H and O–H groups in total. The van der Waals surface area contributed by atoms with Crippen LogP contribution in [0.3, 0.4) is 0 Å². The van der Waals surface area contributed by atoms with E-state index >= 15 is 0 Å². The number of imidazole rings is 1. The van der Waals surface area contributed by atoms with Gasteiger partial charge in [0, 0.05) is 13.5 Å². The highest BCUT2D eigenvalue weighted by Gasteiger charge is 2.18. The Morgan fingerprint density at radius 2 is 1.95 bits per heavy atom. The Morgan fingerprint density at radius 1 is 1.32 bits per heavy atom. The third-order valence-corrected chi connectivity index (χ3v) is 3.11. The summed E-state index contributed by atoms with van der Waals surface area (Å²) in [4.78, 5) is 25.8. The Labute approximate surface area is 110 Å². The monoisotopic (exact) mass is 260 g/mol. The smallest absolute Gasteiger partial charge is 0.356 e. The van der Waals surface area contributed by atoms with E-state index in [9.17, 15) is 9.59 Å². The summed E-state index contributed by atoms with van der Waals surface area (Å²) in [5.74, 6) is -0.528. The van der Waals surface area contributed by atoms with Crippen molar-refractivity contribution in [3.8, 4) is 0 Å². The standard InChI is InChI=1S/C14H16N2O3/c1-9-4-6-10(7-5-9)8-11-12(13(17)19-3)15-14(18)16(11)2/h4-7H,8H2,1-3H3,(H,15,18). The van der Waals surface area contributed by atoms with Crippen molar-refractivity contribution in [1.29, 1.82) is 0 Å². The van der Waals surface area contributed by atoms with Crippen molar-refractivity contribution in [3.05, 3.63) is 57.3 Å². The minimum atomic E-state index is -0.528. The van der Waals surface area contributed by atoms with Gasteiger partial charge in [-0.3, -0.25) is 9.55 Å². The van der Waals surface area contributed by atoms with E-state index in [1.165, 1.54) is 17.2 Å². The van der Waals surface area contributed by atoms with E-state index < -0.39 is 5.97 Å². The normalized spacial score (nSPS) is 10.5.